The predicted molar refractivity (Wildman–Crippen MR) is 472 cm³/mol. The Kier molecular flexibility index (Phi) is 39.1. The molecule has 0 saturated carbocycles. The number of nitrogen functional groups attached to an aromatic ring is 1. The standard InChI is InChI=1S/C21H20N4O6.C21H18N4O5.C13H14N2O3.C9H10N2O4.C9H10N2O3.C8H8N2O4.C8H7NO4/c1-22-21(28)18-7-3-13(11-25(18)29)20(27)24-17-9-15(6-8-19(17)26)31-12-14-4-5-16(30-2)10-23-14;1-22-20(26)18-7-3-13(11-25(18)27)21-24-17-9-15(6-8-19(17)30-21)29-12-14-4-5-16(28-2)10-23-14;1-17-11-3-2-9(15-7-11)8-18-10-4-5-13(16)12(14)6-10;1-10-8(12)7-4-3-6(5-11(7)14)9(13)15-2;1-10-8(12)7-4-3-6(5-11-7)9(13)14-2;1-9-7(11)6-3-2-5(8(12)13)4-10(6)14;1-13-8(12)5-2-3-6(7(10)11)9-4-5/h3-11,26H,12H2,1-2H3,(H,22,28)(H,24,27);3-11H,12H2,1-2H3,(H,22,26);2-7,16H,8,14H2,1H3;3-5H,1-2H3,(H,10,12);3-5H,1-2H3,(H,10,12);2-4H,1H3,(H,9,11)(H,12,13);2-4H,1H3,(H,10,11). The average Bonchev–Trinajstić information content (AvgIpc) is 1.67. The van der Waals surface area contributed by atoms with Crippen molar-refractivity contribution in [2.75, 3.05) is 88.9 Å². The van der Waals surface area contributed by atoms with Crippen LogP contribution in [-0.4, -0.2) is 194 Å². The molecule has 46 heteroatoms. The van der Waals surface area contributed by atoms with Gasteiger partial charge in [0.05, 0.1) is 101 Å². The molecule has 0 bridgehead atoms. The summed E-state index contributed by atoms with van der Waals surface area (Å²) in [5.41, 5.74) is 10.0. The quantitative estimate of drug-likeness (QED) is 0.00818. The van der Waals surface area contributed by atoms with Crippen molar-refractivity contribution >= 4 is 87.8 Å². The van der Waals surface area contributed by atoms with Gasteiger partial charge in [-0.2, -0.15) is 18.9 Å². The highest BCUT2D eigenvalue weighted by molar-refractivity contribution is 6.05. The number of aromatic carboxylic acids is 2. The third kappa shape index (κ3) is 30.6. The molecular formula is C89H87N17O29. The van der Waals surface area contributed by atoms with Crippen LogP contribution in [-0.2, 0) is 34.0 Å². The minimum Gasteiger partial charge on any atom is -0.618 e. The largest absolute Gasteiger partial charge is 0.618 e. The van der Waals surface area contributed by atoms with Crippen molar-refractivity contribution in [3.63, 3.8) is 0 Å². The summed E-state index contributed by atoms with van der Waals surface area (Å²) in [6.45, 7) is 0.783. The Labute approximate surface area is 765 Å². The second-order valence-electron chi connectivity index (χ2n) is 26.3. The highest BCUT2D eigenvalue weighted by Gasteiger charge is 2.24. The first-order valence-electron chi connectivity index (χ1n) is 38.8. The summed E-state index contributed by atoms with van der Waals surface area (Å²) >= 11 is 0. The number of hydrogen-bond donors (Lipinski definition) is 11. The number of carbonyl (C=O) groups is 11. The zero-order valence-corrected chi connectivity index (χ0v) is 73.5. The van der Waals surface area contributed by atoms with E-state index in [1.807, 2.05) is 24.3 Å². The van der Waals surface area contributed by atoms with Crippen molar-refractivity contribution in [3.05, 3.63) is 319 Å². The number of pyridine rings is 9. The van der Waals surface area contributed by atoms with Gasteiger partial charge in [0.1, 0.15) is 105 Å². The number of amides is 6. The number of anilines is 2. The van der Waals surface area contributed by atoms with Gasteiger partial charge in [-0.3, -0.25) is 48.7 Å². The number of fused-ring (bicyclic) bond motifs is 1. The van der Waals surface area contributed by atoms with E-state index in [9.17, 15) is 83.8 Å². The molecule has 6 amide bonds. The molecule has 0 aliphatic carbocycles. The number of ether oxygens (including phenoxy) is 9. The summed E-state index contributed by atoms with van der Waals surface area (Å²) in [7, 11) is 15.6. The fourth-order valence-corrected chi connectivity index (χ4v) is 10.4. The molecule has 0 unspecified atom stereocenters. The molecule has 0 spiro atoms. The minimum atomic E-state index is -1.21. The number of nitrogens with one attached hydrogen (secondary N) is 6. The van der Waals surface area contributed by atoms with Gasteiger partial charge in [-0.25, -0.2) is 33.9 Å². The molecule has 702 valence electrons. The van der Waals surface area contributed by atoms with Crippen LogP contribution in [0.2, 0.25) is 0 Å². The predicted octanol–water partition coefficient (Wildman–Crippen LogP) is 5.69. The second-order valence-corrected chi connectivity index (χ2v) is 26.3. The number of nitrogens with zero attached hydrogens (tertiary/aromatic N) is 10. The summed E-state index contributed by atoms with van der Waals surface area (Å²) in [5.74, 6) is -3.29. The van der Waals surface area contributed by atoms with Crippen molar-refractivity contribution in [3.8, 4) is 57.5 Å². The number of aromatic nitrogens is 10. The molecule has 3 aromatic carbocycles. The Morgan fingerprint density at radius 2 is 0.741 bits per heavy atom. The number of carboxylic acid groups (broad SMARTS) is 2. The third-order valence-corrected chi connectivity index (χ3v) is 17.6. The zero-order valence-electron chi connectivity index (χ0n) is 73.5. The first-order chi connectivity index (χ1) is 64.6. The minimum absolute atomic E-state index is 0.0100. The number of esters is 3. The first kappa shape index (κ1) is 103. The summed E-state index contributed by atoms with van der Waals surface area (Å²) in [6.07, 6.45) is 11.4. The molecule has 46 nitrogen and oxygen atoms in total. The highest BCUT2D eigenvalue weighted by Crippen LogP contribution is 2.31. The van der Waals surface area contributed by atoms with Crippen LogP contribution in [0.1, 0.15) is 132 Å². The van der Waals surface area contributed by atoms with Crippen molar-refractivity contribution in [1.29, 1.82) is 0 Å². The van der Waals surface area contributed by atoms with Crippen molar-refractivity contribution in [2.45, 2.75) is 19.8 Å². The van der Waals surface area contributed by atoms with Gasteiger partial charge in [0.2, 0.25) is 5.89 Å². The van der Waals surface area contributed by atoms with E-state index in [0.717, 1.165) is 42.2 Å². The molecule has 13 rings (SSSR count). The summed E-state index contributed by atoms with van der Waals surface area (Å²) in [4.78, 5) is 147. The molecule has 0 aliphatic rings. The van der Waals surface area contributed by atoms with E-state index in [2.05, 4.69) is 76.0 Å². The Bertz CT molecular complexity index is 6300. The maximum absolute atomic E-state index is 12.5. The molecule has 0 saturated heterocycles. The van der Waals surface area contributed by atoms with Gasteiger partial charge in [-0.1, -0.05) is 0 Å². The normalized spacial score (nSPS) is 9.98. The van der Waals surface area contributed by atoms with Crippen LogP contribution < -0.4 is 85.0 Å². The van der Waals surface area contributed by atoms with Gasteiger partial charge in [0, 0.05) is 90.1 Å². The van der Waals surface area contributed by atoms with Crippen LogP contribution >= 0.6 is 0 Å². The van der Waals surface area contributed by atoms with Crippen molar-refractivity contribution < 1.29 is 139 Å². The lowest BCUT2D eigenvalue weighted by Gasteiger charge is -2.11. The molecule has 13 aromatic rings. The highest BCUT2D eigenvalue weighted by atomic mass is 16.5. The SMILES string of the molecule is CNC(=O)c1ccc(-c2nc3cc(OCc4ccc(OC)cn4)ccc3o2)c[n+]1[O-].CNC(=O)c1ccc(C(=O)Nc2cc(OCc3ccc(OC)cn3)ccc2O)c[n+]1[O-].CNC(=O)c1ccc(C(=O)O)c[n+]1[O-].CNC(=O)c1ccc(C(=O)OC)c[n+]1[O-].CNC(=O)c1ccc(C(=O)OC)cn1.COC(=O)c1ccc(C(=O)O)nc1.COc1ccc(COc2ccc(O)c(N)c2)nc1. The lowest BCUT2D eigenvalue weighted by Crippen LogP contribution is -2.39. The molecule has 0 radical (unpaired) electrons. The number of phenolic OH excluding ortho intramolecular Hbond substituents is 2. The van der Waals surface area contributed by atoms with Crippen LogP contribution in [0.5, 0.6) is 46.0 Å². The number of benzene rings is 3. The van der Waals surface area contributed by atoms with Gasteiger partial charge >= 0.3 is 53.5 Å². The van der Waals surface area contributed by atoms with Crippen molar-refractivity contribution in [1.82, 2.24) is 56.5 Å². The second kappa shape index (κ2) is 51.1. The molecule has 135 heavy (non-hydrogen) atoms. The van der Waals surface area contributed by atoms with Gasteiger partial charge in [0.15, 0.2) is 30.4 Å². The van der Waals surface area contributed by atoms with E-state index in [0.29, 0.717) is 83.2 Å². The Hall–Kier alpha value is -18.9. The lowest BCUT2D eigenvalue weighted by atomic mass is 10.2. The van der Waals surface area contributed by atoms with Crippen LogP contribution in [0.25, 0.3) is 22.6 Å². The van der Waals surface area contributed by atoms with Crippen LogP contribution in [0.3, 0.4) is 0 Å². The van der Waals surface area contributed by atoms with Gasteiger partial charge in [-0.05, 0) is 121 Å². The molecule has 0 aliphatic heterocycles. The number of aromatic hydroxyl groups is 2. The molecule has 12 N–H and O–H groups in total. The molecule has 0 atom stereocenters. The van der Waals surface area contributed by atoms with E-state index in [1.54, 1.807) is 88.5 Å². The summed E-state index contributed by atoms with van der Waals surface area (Å²) in [6, 6.07) is 41.2. The number of methoxy groups -OCH3 is 6. The lowest BCUT2D eigenvalue weighted by molar-refractivity contribution is -0.608. The summed E-state index contributed by atoms with van der Waals surface area (Å²) < 4.78 is 52.5. The van der Waals surface area contributed by atoms with Gasteiger partial charge in [-0.15, -0.1) is 0 Å². The molecule has 10 heterocycles. The van der Waals surface area contributed by atoms with Crippen molar-refractivity contribution in [2.24, 2.45) is 0 Å². The Balaban J connectivity index is 0.000000222. The first-order valence-corrected chi connectivity index (χ1v) is 38.8. The van der Waals surface area contributed by atoms with Crippen LogP contribution in [0.4, 0.5) is 11.4 Å². The van der Waals surface area contributed by atoms with Crippen LogP contribution in [0.15, 0.2) is 224 Å². The molecular weight excluding hydrogens is 1770 g/mol. The fraction of sp³-hybridized carbons (Fsp3) is 0.157. The van der Waals surface area contributed by atoms with Gasteiger partial charge < -0.3 is 126 Å². The Morgan fingerprint density at radius 3 is 1.13 bits per heavy atom. The average molecular weight is 1860 g/mol. The number of phenols is 2. The fourth-order valence-electron chi connectivity index (χ4n) is 10.4. The number of carbonyl (C=O) groups excluding carboxylic acids is 9. The molecule has 0 fully saturated rings. The van der Waals surface area contributed by atoms with E-state index >= 15 is 0 Å². The smallest absolute Gasteiger partial charge is 0.354 e. The maximum atomic E-state index is 12.5. The van der Waals surface area contributed by atoms with E-state index in [1.165, 1.54) is 154 Å². The third-order valence-electron chi connectivity index (χ3n) is 17.6. The van der Waals surface area contributed by atoms with E-state index < -0.39 is 59.4 Å². The number of oxazole rings is 1. The number of rotatable bonds is 25. The number of hydrogen-bond acceptors (Lipinski definition) is 34. The number of nitrogens with two attached hydrogens (primary N) is 1. The summed E-state index contributed by atoms with van der Waals surface area (Å²) in [5, 5.41) is 97.2. The monoisotopic (exact) mass is 1860 g/mol. The Morgan fingerprint density at radius 1 is 0.370 bits per heavy atom. The topological polar surface area (TPSA) is 648 Å². The maximum Gasteiger partial charge on any atom is 0.354 e. The zero-order chi connectivity index (χ0) is 99.0. The van der Waals surface area contributed by atoms with E-state index in [4.69, 9.17) is 48.8 Å². The van der Waals surface area contributed by atoms with Crippen LogP contribution in [0, 0.1) is 20.8 Å². The molecule has 10 aromatic heterocycles. The van der Waals surface area contributed by atoms with E-state index in [-0.39, 0.29) is 109 Å². The van der Waals surface area contributed by atoms with Gasteiger partial charge in [0.25, 0.3) is 34.6 Å². The number of carboxylic acids is 2.